The summed E-state index contributed by atoms with van der Waals surface area (Å²) in [7, 11) is 1.68. The Morgan fingerprint density at radius 3 is 2.88 bits per heavy atom. The predicted octanol–water partition coefficient (Wildman–Crippen LogP) is 1.97. The maximum atomic E-state index is 12.9. The van der Waals surface area contributed by atoms with Gasteiger partial charge in [0.05, 0.1) is 12.6 Å². The number of oxazole rings is 1. The van der Waals surface area contributed by atoms with Crippen LogP contribution in [0.4, 0.5) is 0 Å². The van der Waals surface area contributed by atoms with Crippen molar-refractivity contribution < 1.29 is 13.9 Å². The third kappa shape index (κ3) is 2.86. The van der Waals surface area contributed by atoms with Crippen molar-refractivity contribution in [1.29, 1.82) is 0 Å². The van der Waals surface area contributed by atoms with E-state index in [1.165, 1.54) is 19.3 Å². The molecule has 0 bridgehead atoms. The Hall–Kier alpha value is -1.40. The van der Waals surface area contributed by atoms with Gasteiger partial charge in [-0.2, -0.15) is 0 Å². The van der Waals surface area contributed by atoms with Gasteiger partial charge in [0.25, 0.3) is 0 Å². The highest BCUT2D eigenvalue weighted by Gasteiger charge is 2.36. The number of hydrogen-bond donors (Lipinski definition) is 1. The van der Waals surface area contributed by atoms with Gasteiger partial charge >= 0.3 is 0 Å². The van der Waals surface area contributed by atoms with E-state index in [4.69, 9.17) is 14.9 Å². The van der Waals surface area contributed by atoms with Gasteiger partial charge in [0.2, 0.25) is 5.91 Å². The second-order valence-corrected chi connectivity index (χ2v) is 7.51. The van der Waals surface area contributed by atoms with Crippen LogP contribution in [0, 0.1) is 5.92 Å². The molecule has 3 aliphatic rings. The minimum atomic E-state index is -0.00896. The molecule has 24 heavy (non-hydrogen) atoms. The third-order valence-corrected chi connectivity index (χ3v) is 6.01. The van der Waals surface area contributed by atoms with Crippen LogP contribution in [0.2, 0.25) is 0 Å². The average molecular weight is 333 g/mol. The molecule has 0 unspecified atom stereocenters. The Labute approximate surface area is 142 Å². The van der Waals surface area contributed by atoms with Crippen molar-refractivity contribution >= 4 is 5.91 Å². The van der Waals surface area contributed by atoms with Gasteiger partial charge < -0.3 is 19.8 Å². The molecule has 6 heteroatoms. The second kappa shape index (κ2) is 6.48. The lowest BCUT2D eigenvalue weighted by Gasteiger charge is -2.36. The van der Waals surface area contributed by atoms with E-state index < -0.39 is 0 Å². The first-order chi connectivity index (χ1) is 11.7. The number of rotatable bonds is 3. The van der Waals surface area contributed by atoms with Crippen molar-refractivity contribution in [2.75, 3.05) is 13.7 Å². The van der Waals surface area contributed by atoms with Gasteiger partial charge in [-0.25, -0.2) is 4.98 Å². The van der Waals surface area contributed by atoms with Crippen molar-refractivity contribution in [2.24, 2.45) is 11.7 Å². The zero-order valence-corrected chi connectivity index (χ0v) is 14.4. The Balaban J connectivity index is 1.42. The van der Waals surface area contributed by atoms with E-state index >= 15 is 0 Å². The SMILES string of the molecule is CO[C@@H]1C[C@@H](C(=O)N2CCc3oc(C4CCC4)nc3C2)CC[C@H]1N. The Bertz CT molecular complexity index is 611. The van der Waals surface area contributed by atoms with Crippen LogP contribution in [0.25, 0.3) is 0 Å². The molecule has 2 aliphatic carbocycles. The summed E-state index contributed by atoms with van der Waals surface area (Å²) < 4.78 is 11.4. The average Bonchev–Trinajstić information content (AvgIpc) is 2.95. The standard InChI is InChI=1S/C18H27N3O3/c1-23-16-9-12(5-6-13(16)19)18(22)21-8-7-15-14(10-21)20-17(24-15)11-3-2-4-11/h11-13,16H,2-10,19H2,1H3/t12-,13+,16+/m0/s1. The van der Waals surface area contributed by atoms with Crippen molar-refractivity contribution in [1.82, 2.24) is 9.88 Å². The first-order valence-electron chi connectivity index (χ1n) is 9.21. The van der Waals surface area contributed by atoms with Crippen LogP contribution in [0.3, 0.4) is 0 Å². The van der Waals surface area contributed by atoms with Crippen LogP contribution < -0.4 is 5.73 Å². The molecular formula is C18H27N3O3. The van der Waals surface area contributed by atoms with Crippen LogP contribution in [0.5, 0.6) is 0 Å². The summed E-state index contributed by atoms with van der Waals surface area (Å²) >= 11 is 0. The molecule has 0 radical (unpaired) electrons. The molecule has 0 saturated heterocycles. The number of ether oxygens (including phenoxy) is 1. The molecule has 4 rings (SSSR count). The highest BCUT2D eigenvalue weighted by molar-refractivity contribution is 5.79. The number of carbonyl (C=O) groups is 1. The predicted molar refractivity (Wildman–Crippen MR) is 88.3 cm³/mol. The summed E-state index contributed by atoms with van der Waals surface area (Å²) in [6, 6.07) is 0.0487. The highest BCUT2D eigenvalue weighted by atomic mass is 16.5. The van der Waals surface area contributed by atoms with Crippen molar-refractivity contribution in [3.8, 4) is 0 Å². The molecule has 2 saturated carbocycles. The van der Waals surface area contributed by atoms with E-state index in [1.54, 1.807) is 7.11 Å². The molecule has 2 heterocycles. The highest BCUT2D eigenvalue weighted by Crippen LogP contribution is 2.37. The fourth-order valence-corrected chi connectivity index (χ4v) is 4.14. The summed E-state index contributed by atoms with van der Waals surface area (Å²) in [6.07, 6.45) is 6.84. The van der Waals surface area contributed by atoms with Crippen molar-refractivity contribution in [3.05, 3.63) is 17.3 Å². The number of methoxy groups -OCH3 is 1. The monoisotopic (exact) mass is 333 g/mol. The number of nitrogens with two attached hydrogens (primary N) is 1. The smallest absolute Gasteiger partial charge is 0.226 e. The van der Waals surface area contributed by atoms with Gasteiger partial charge in [-0.05, 0) is 32.1 Å². The molecule has 1 aliphatic heterocycles. The number of carbonyl (C=O) groups excluding carboxylic acids is 1. The fraction of sp³-hybridized carbons (Fsp3) is 0.778. The van der Waals surface area contributed by atoms with Gasteiger partial charge in [-0.15, -0.1) is 0 Å². The number of hydrogen-bond acceptors (Lipinski definition) is 5. The topological polar surface area (TPSA) is 81.6 Å². The Kier molecular flexibility index (Phi) is 4.35. The molecule has 6 nitrogen and oxygen atoms in total. The van der Waals surface area contributed by atoms with E-state index in [2.05, 4.69) is 4.98 Å². The molecule has 3 atom stereocenters. The van der Waals surface area contributed by atoms with Gasteiger partial charge in [0.1, 0.15) is 11.5 Å². The Morgan fingerprint density at radius 2 is 2.17 bits per heavy atom. The summed E-state index contributed by atoms with van der Waals surface area (Å²) in [6.45, 7) is 1.32. The zero-order valence-electron chi connectivity index (χ0n) is 14.4. The van der Waals surface area contributed by atoms with E-state index in [0.717, 1.165) is 49.6 Å². The molecule has 1 amide bonds. The van der Waals surface area contributed by atoms with Crippen molar-refractivity contribution in [3.63, 3.8) is 0 Å². The molecule has 2 N–H and O–H groups in total. The first kappa shape index (κ1) is 16.1. The van der Waals surface area contributed by atoms with Crippen molar-refractivity contribution in [2.45, 2.75) is 69.6 Å². The maximum absolute atomic E-state index is 12.9. The minimum Gasteiger partial charge on any atom is -0.445 e. The molecule has 132 valence electrons. The quantitative estimate of drug-likeness (QED) is 0.914. The van der Waals surface area contributed by atoms with E-state index in [-0.39, 0.29) is 24.0 Å². The van der Waals surface area contributed by atoms with Crippen LogP contribution in [-0.2, 0) is 22.5 Å². The van der Waals surface area contributed by atoms with Crippen LogP contribution in [0.1, 0.15) is 61.8 Å². The van der Waals surface area contributed by atoms with Gasteiger partial charge in [0, 0.05) is 38.0 Å². The van der Waals surface area contributed by atoms with Gasteiger partial charge in [0.15, 0.2) is 5.89 Å². The lowest BCUT2D eigenvalue weighted by Crippen LogP contribution is -2.47. The summed E-state index contributed by atoms with van der Waals surface area (Å²) in [5.74, 6) is 2.63. The van der Waals surface area contributed by atoms with Crippen LogP contribution in [-0.4, -0.2) is 41.6 Å². The molecule has 1 aromatic rings. The summed E-state index contributed by atoms with van der Waals surface area (Å²) in [5.41, 5.74) is 7.04. The number of fused-ring (bicyclic) bond motifs is 1. The van der Waals surface area contributed by atoms with E-state index in [9.17, 15) is 4.79 Å². The number of aromatic nitrogens is 1. The normalized spacial score (nSPS) is 30.8. The molecule has 0 aromatic carbocycles. The number of nitrogens with zero attached hydrogens (tertiary/aromatic N) is 2. The zero-order chi connectivity index (χ0) is 16.7. The Morgan fingerprint density at radius 1 is 1.33 bits per heavy atom. The lowest BCUT2D eigenvalue weighted by molar-refractivity contribution is -0.139. The fourth-order valence-electron chi connectivity index (χ4n) is 4.14. The molecule has 1 aromatic heterocycles. The van der Waals surface area contributed by atoms with Gasteiger partial charge in [-0.1, -0.05) is 6.42 Å². The first-order valence-corrected chi connectivity index (χ1v) is 9.21. The summed E-state index contributed by atoms with van der Waals surface area (Å²) in [5, 5.41) is 0. The number of amides is 1. The van der Waals surface area contributed by atoms with Crippen LogP contribution in [0.15, 0.2) is 4.42 Å². The van der Waals surface area contributed by atoms with E-state index in [0.29, 0.717) is 12.5 Å². The second-order valence-electron chi connectivity index (χ2n) is 7.51. The van der Waals surface area contributed by atoms with Crippen LogP contribution >= 0.6 is 0 Å². The van der Waals surface area contributed by atoms with Gasteiger partial charge in [-0.3, -0.25) is 4.79 Å². The largest absolute Gasteiger partial charge is 0.445 e. The summed E-state index contributed by atoms with van der Waals surface area (Å²) in [4.78, 5) is 19.5. The third-order valence-electron chi connectivity index (χ3n) is 6.01. The minimum absolute atomic E-state index is 0.00896. The lowest BCUT2D eigenvalue weighted by atomic mass is 9.83. The maximum Gasteiger partial charge on any atom is 0.226 e. The molecule has 0 spiro atoms. The molecular weight excluding hydrogens is 306 g/mol. The molecule has 2 fully saturated rings. The van der Waals surface area contributed by atoms with E-state index in [1.807, 2.05) is 4.90 Å².